The average molecular weight is 320 g/mol. The first kappa shape index (κ1) is 13.5. The quantitative estimate of drug-likeness (QED) is 0.851. The monoisotopic (exact) mass is 319 g/mol. The molecule has 2 aromatic rings. The summed E-state index contributed by atoms with van der Waals surface area (Å²) in [4.78, 5) is 15.4. The molecule has 0 bridgehead atoms. The molecule has 0 saturated heterocycles. The van der Waals surface area contributed by atoms with Gasteiger partial charge < -0.3 is 11.1 Å². The van der Waals surface area contributed by atoms with E-state index in [1.807, 2.05) is 31.2 Å². The predicted molar refractivity (Wildman–Crippen MR) is 79.0 cm³/mol. The number of nitrogens with one attached hydrogen (secondary N) is 1. The van der Waals surface area contributed by atoms with E-state index in [0.29, 0.717) is 12.1 Å². The Bertz CT molecular complexity index is 613. The molecule has 0 atom stereocenters. The number of carbonyl (C=O) groups excluding carboxylic acids is 1. The normalized spacial score (nSPS) is 10.2. The Morgan fingerprint density at radius 3 is 2.84 bits per heavy atom. The highest BCUT2D eigenvalue weighted by Crippen LogP contribution is 2.17. The minimum absolute atomic E-state index is 0.414. The van der Waals surface area contributed by atoms with E-state index in [2.05, 4.69) is 26.2 Å². The zero-order valence-corrected chi connectivity index (χ0v) is 12.1. The standard InChI is InChI=1S/C14H14BrN3O/c1-9-12(5-6-13(15)18-9)17-8-10-3-2-4-11(7-10)14(16)19/h2-7,17H,8H2,1H3,(H2,16,19). The lowest BCUT2D eigenvalue weighted by molar-refractivity contribution is 0.1000. The van der Waals surface area contributed by atoms with Gasteiger partial charge in [0, 0.05) is 12.1 Å². The number of primary amides is 1. The molecule has 1 heterocycles. The summed E-state index contributed by atoms with van der Waals surface area (Å²) in [6, 6.07) is 11.1. The lowest BCUT2D eigenvalue weighted by Crippen LogP contribution is -2.11. The fourth-order valence-corrected chi connectivity index (χ4v) is 2.15. The Kier molecular flexibility index (Phi) is 4.16. The second-order valence-corrected chi connectivity index (χ2v) is 5.00. The molecule has 3 N–H and O–H groups in total. The van der Waals surface area contributed by atoms with Gasteiger partial charge in [0.15, 0.2) is 0 Å². The van der Waals surface area contributed by atoms with Crippen molar-refractivity contribution in [2.45, 2.75) is 13.5 Å². The summed E-state index contributed by atoms with van der Waals surface area (Å²) in [6.07, 6.45) is 0. The number of halogens is 1. The highest BCUT2D eigenvalue weighted by molar-refractivity contribution is 9.10. The number of nitrogens with zero attached hydrogens (tertiary/aromatic N) is 1. The Labute approximate surface area is 120 Å². The maximum absolute atomic E-state index is 11.1. The van der Waals surface area contributed by atoms with Crippen LogP contribution in [0.25, 0.3) is 0 Å². The summed E-state index contributed by atoms with van der Waals surface area (Å²) in [7, 11) is 0. The number of aryl methyl sites for hydroxylation is 1. The molecule has 0 saturated carbocycles. The van der Waals surface area contributed by atoms with Crippen molar-refractivity contribution in [1.82, 2.24) is 4.98 Å². The van der Waals surface area contributed by atoms with Crippen LogP contribution in [0.15, 0.2) is 41.0 Å². The van der Waals surface area contributed by atoms with Gasteiger partial charge in [0.05, 0.1) is 11.4 Å². The number of benzene rings is 1. The molecule has 0 fully saturated rings. The molecule has 0 aliphatic carbocycles. The maximum atomic E-state index is 11.1. The second kappa shape index (κ2) is 5.84. The maximum Gasteiger partial charge on any atom is 0.248 e. The van der Waals surface area contributed by atoms with Gasteiger partial charge in [0.2, 0.25) is 5.91 Å². The number of hydrogen-bond donors (Lipinski definition) is 2. The molecule has 1 aromatic heterocycles. The van der Waals surface area contributed by atoms with Crippen molar-refractivity contribution in [2.75, 3.05) is 5.32 Å². The lowest BCUT2D eigenvalue weighted by atomic mass is 10.1. The van der Waals surface area contributed by atoms with Crippen LogP contribution >= 0.6 is 15.9 Å². The van der Waals surface area contributed by atoms with E-state index in [-0.39, 0.29) is 0 Å². The Morgan fingerprint density at radius 1 is 1.37 bits per heavy atom. The second-order valence-electron chi connectivity index (χ2n) is 4.19. The molecule has 2 rings (SSSR count). The van der Waals surface area contributed by atoms with Crippen LogP contribution in [-0.4, -0.2) is 10.9 Å². The number of carbonyl (C=O) groups is 1. The van der Waals surface area contributed by atoms with Crippen molar-refractivity contribution < 1.29 is 4.79 Å². The fourth-order valence-electron chi connectivity index (χ4n) is 1.75. The van der Waals surface area contributed by atoms with Crippen LogP contribution in [0.2, 0.25) is 0 Å². The van der Waals surface area contributed by atoms with E-state index in [1.165, 1.54) is 0 Å². The largest absolute Gasteiger partial charge is 0.380 e. The molecule has 4 nitrogen and oxygen atoms in total. The summed E-state index contributed by atoms with van der Waals surface area (Å²) in [5.74, 6) is -0.414. The van der Waals surface area contributed by atoms with Gasteiger partial charge in [-0.3, -0.25) is 4.79 Å². The van der Waals surface area contributed by atoms with E-state index >= 15 is 0 Å². The van der Waals surface area contributed by atoms with Crippen molar-refractivity contribution in [3.05, 3.63) is 57.8 Å². The van der Waals surface area contributed by atoms with Crippen molar-refractivity contribution in [3.8, 4) is 0 Å². The molecule has 1 amide bonds. The first-order valence-corrected chi connectivity index (χ1v) is 6.61. The van der Waals surface area contributed by atoms with Gasteiger partial charge in [-0.1, -0.05) is 12.1 Å². The van der Waals surface area contributed by atoms with E-state index < -0.39 is 5.91 Å². The molecule has 0 aliphatic heterocycles. The molecule has 0 unspecified atom stereocenters. The fraction of sp³-hybridized carbons (Fsp3) is 0.143. The number of nitrogens with two attached hydrogens (primary N) is 1. The number of anilines is 1. The topological polar surface area (TPSA) is 68.0 Å². The van der Waals surface area contributed by atoms with Crippen LogP contribution in [0.4, 0.5) is 5.69 Å². The summed E-state index contributed by atoms with van der Waals surface area (Å²) in [5.41, 5.74) is 8.66. The van der Waals surface area contributed by atoms with Gasteiger partial charge in [0.1, 0.15) is 4.60 Å². The highest BCUT2D eigenvalue weighted by Gasteiger charge is 2.03. The number of rotatable bonds is 4. The number of pyridine rings is 1. The smallest absolute Gasteiger partial charge is 0.248 e. The van der Waals surface area contributed by atoms with Gasteiger partial charge >= 0.3 is 0 Å². The van der Waals surface area contributed by atoms with Crippen molar-refractivity contribution >= 4 is 27.5 Å². The van der Waals surface area contributed by atoms with E-state index in [0.717, 1.165) is 21.5 Å². The van der Waals surface area contributed by atoms with Gasteiger partial charge in [-0.05, 0) is 52.7 Å². The molecule has 0 aliphatic rings. The number of aromatic nitrogens is 1. The summed E-state index contributed by atoms with van der Waals surface area (Å²) < 4.78 is 0.811. The van der Waals surface area contributed by atoms with Gasteiger partial charge in [0.25, 0.3) is 0 Å². The van der Waals surface area contributed by atoms with Crippen LogP contribution in [0.3, 0.4) is 0 Å². The van der Waals surface area contributed by atoms with Crippen molar-refractivity contribution in [2.24, 2.45) is 5.73 Å². The van der Waals surface area contributed by atoms with Gasteiger partial charge in [-0.2, -0.15) is 0 Å². The third kappa shape index (κ3) is 3.54. The Hall–Kier alpha value is -1.88. The van der Waals surface area contributed by atoms with Crippen LogP contribution < -0.4 is 11.1 Å². The van der Waals surface area contributed by atoms with Crippen molar-refractivity contribution in [1.29, 1.82) is 0 Å². The number of amides is 1. The van der Waals surface area contributed by atoms with E-state index in [4.69, 9.17) is 5.73 Å². The SMILES string of the molecule is Cc1nc(Br)ccc1NCc1cccc(C(N)=O)c1. The Morgan fingerprint density at radius 2 is 2.16 bits per heavy atom. The third-order valence-electron chi connectivity index (χ3n) is 2.75. The minimum atomic E-state index is -0.414. The highest BCUT2D eigenvalue weighted by atomic mass is 79.9. The van der Waals surface area contributed by atoms with E-state index in [1.54, 1.807) is 12.1 Å². The van der Waals surface area contributed by atoms with Gasteiger partial charge in [-0.15, -0.1) is 0 Å². The summed E-state index contributed by atoms with van der Waals surface area (Å²) in [5, 5.41) is 3.29. The zero-order chi connectivity index (χ0) is 13.8. The van der Waals surface area contributed by atoms with Gasteiger partial charge in [-0.25, -0.2) is 4.98 Å². The summed E-state index contributed by atoms with van der Waals surface area (Å²) in [6.45, 7) is 2.55. The van der Waals surface area contributed by atoms with Crippen LogP contribution in [-0.2, 0) is 6.54 Å². The van der Waals surface area contributed by atoms with Crippen LogP contribution in [0, 0.1) is 6.92 Å². The first-order valence-electron chi connectivity index (χ1n) is 5.82. The number of hydrogen-bond acceptors (Lipinski definition) is 3. The molecule has 19 heavy (non-hydrogen) atoms. The van der Waals surface area contributed by atoms with Crippen LogP contribution in [0.1, 0.15) is 21.6 Å². The molecular formula is C14H14BrN3O. The Balaban J connectivity index is 2.10. The van der Waals surface area contributed by atoms with E-state index in [9.17, 15) is 4.79 Å². The minimum Gasteiger partial charge on any atom is -0.380 e. The predicted octanol–water partition coefficient (Wildman–Crippen LogP) is 2.86. The van der Waals surface area contributed by atoms with Crippen molar-refractivity contribution in [3.63, 3.8) is 0 Å². The molecule has 98 valence electrons. The molecular weight excluding hydrogens is 306 g/mol. The average Bonchev–Trinajstić information content (AvgIpc) is 2.38. The lowest BCUT2D eigenvalue weighted by Gasteiger charge is -2.09. The molecule has 5 heteroatoms. The third-order valence-corrected chi connectivity index (χ3v) is 3.19. The molecule has 1 aromatic carbocycles. The summed E-state index contributed by atoms with van der Waals surface area (Å²) >= 11 is 3.33. The molecule has 0 spiro atoms. The molecule has 0 radical (unpaired) electrons. The first-order chi connectivity index (χ1) is 9.06. The van der Waals surface area contributed by atoms with Crippen LogP contribution in [0.5, 0.6) is 0 Å². The zero-order valence-electron chi connectivity index (χ0n) is 10.5.